The molecular weight excluding hydrogens is 278 g/mol. The van der Waals surface area contributed by atoms with Crippen LogP contribution in [0.4, 0.5) is 4.79 Å². The maximum Gasteiger partial charge on any atom is 0.319 e. The molecule has 2 rings (SSSR count). The molecule has 2 atom stereocenters. The summed E-state index contributed by atoms with van der Waals surface area (Å²) in [4.78, 5) is 29.0. The number of hydrogen-bond donors (Lipinski definition) is 1. The van der Waals surface area contributed by atoms with Gasteiger partial charge in [0.25, 0.3) is 5.91 Å². The molecule has 1 N–H and O–H groups in total. The summed E-state index contributed by atoms with van der Waals surface area (Å²) in [5.41, 5.74) is -0.445. The molecule has 0 unspecified atom stereocenters. The van der Waals surface area contributed by atoms with Gasteiger partial charge in [0.1, 0.15) is 11.7 Å². The molecule has 3 amide bonds. The standard InChI is InChI=1S/C17H25N3O2/c1-16(2,3)13-19(6)14(21)17(4,20(13)15(22)18-5)12-10-8-7-9-11-12/h7-11,13H,1-6H3,(H,18,22)/t13-,17-/m0/s1. The van der Waals surface area contributed by atoms with Crippen molar-refractivity contribution in [2.75, 3.05) is 14.1 Å². The van der Waals surface area contributed by atoms with E-state index in [2.05, 4.69) is 5.32 Å². The first kappa shape index (κ1) is 16.3. The number of urea groups is 1. The van der Waals surface area contributed by atoms with Crippen molar-refractivity contribution in [2.45, 2.75) is 39.4 Å². The maximum absolute atomic E-state index is 13.0. The number of carbonyl (C=O) groups is 2. The van der Waals surface area contributed by atoms with Crippen molar-refractivity contribution >= 4 is 11.9 Å². The molecule has 0 saturated carbocycles. The number of nitrogens with zero attached hydrogens (tertiary/aromatic N) is 2. The van der Waals surface area contributed by atoms with Crippen molar-refractivity contribution < 1.29 is 9.59 Å². The fourth-order valence-corrected chi connectivity index (χ4v) is 3.40. The molecule has 1 aliphatic heterocycles. The highest BCUT2D eigenvalue weighted by Gasteiger charge is 2.59. The van der Waals surface area contributed by atoms with Crippen molar-refractivity contribution in [2.24, 2.45) is 5.41 Å². The minimum Gasteiger partial charge on any atom is -0.341 e. The van der Waals surface area contributed by atoms with Crippen molar-refractivity contribution in [3.8, 4) is 0 Å². The predicted molar refractivity (Wildman–Crippen MR) is 86.1 cm³/mol. The monoisotopic (exact) mass is 303 g/mol. The van der Waals surface area contributed by atoms with E-state index < -0.39 is 5.54 Å². The molecule has 5 nitrogen and oxygen atoms in total. The van der Waals surface area contributed by atoms with E-state index in [1.807, 2.05) is 58.0 Å². The van der Waals surface area contributed by atoms with Crippen LogP contribution in [-0.4, -0.2) is 42.0 Å². The average Bonchev–Trinajstić information content (AvgIpc) is 2.69. The maximum atomic E-state index is 13.0. The molecule has 0 aromatic heterocycles. The fourth-order valence-electron chi connectivity index (χ4n) is 3.40. The third-order valence-electron chi connectivity index (χ3n) is 4.37. The third kappa shape index (κ3) is 2.25. The Bertz CT molecular complexity index is 579. The smallest absolute Gasteiger partial charge is 0.319 e. The van der Waals surface area contributed by atoms with Crippen LogP contribution in [0.2, 0.25) is 0 Å². The molecule has 1 aliphatic rings. The van der Waals surface area contributed by atoms with Crippen LogP contribution in [0.5, 0.6) is 0 Å². The van der Waals surface area contributed by atoms with Gasteiger partial charge in [-0.05, 0) is 12.5 Å². The summed E-state index contributed by atoms with van der Waals surface area (Å²) in [6, 6.07) is 9.23. The van der Waals surface area contributed by atoms with Crippen molar-refractivity contribution in [3.63, 3.8) is 0 Å². The van der Waals surface area contributed by atoms with Gasteiger partial charge in [0.2, 0.25) is 0 Å². The van der Waals surface area contributed by atoms with E-state index in [1.54, 1.807) is 23.9 Å². The topological polar surface area (TPSA) is 52.7 Å². The van der Waals surface area contributed by atoms with Crippen molar-refractivity contribution in [1.29, 1.82) is 0 Å². The summed E-state index contributed by atoms with van der Waals surface area (Å²) in [5, 5.41) is 2.68. The Morgan fingerprint density at radius 2 is 1.77 bits per heavy atom. The van der Waals surface area contributed by atoms with Gasteiger partial charge in [-0.2, -0.15) is 0 Å². The molecule has 1 aromatic carbocycles. The van der Waals surface area contributed by atoms with Crippen LogP contribution < -0.4 is 5.32 Å². The number of amides is 3. The Morgan fingerprint density at radius 1 is 1.23 bits per heavy atom. The van der Waals surface area contributed by atoms with Gasteiger partial charge in [-0.1, -0.05) is 51.1 Å². The highest BCUT2D eigenvalue weighted by atomic mass is 16.2. The number of hydrogen-bond acceptors (Lipinski definition) is 2. The second-order valence-electron chi connectivity index (χ2n) is 7.02. The quantitative estimate of drug-likeness (QED) is 0.866. The molecule has 0 aliphatic carbocycles. The lowest BCUT2D eigenvalue weighted by atomic mass is 9.87. The summed E-state index contributed by atoms with van der Waals surface area (Å²) in [5.74, 6) is -0.0674. The Labute approximate surface area is 132 Å². The van der Waals surface area contributed by atoms with Gasteiger partial charge < -0.3 is 10.2 Å². The molecule has 120 valence electrons. The Kier molecular flexibility index (Phi) is 3.94. The molecule has 1 saturated heterocycles. The lowest BCUT2D eigenvalue weighted by Gasteiger charge is -2.41. The number of nitrogens with one attached hydrogen (secondary N) is 1. The molecule has 22 heavy (non-hydrogen) atoms. The lowest BCUT2D eigenvalue weighted by molar-refractivity contribution is -0.133. The van der Waals surface area contributed by atoms with Crippen LogP contribution in [0, 0.1) is 5.41 Å². The van der Waals surface area contributed by atoms with E-state index in [-0.39, 0.29) is 23.5 Å². The summed E-state index contributed by atoms with van der Waals surface area (Å²) < 4.78 is 0. The van der Waals surface area contributed by atoms with Crippen molar-refractivity contribution in [1.82, 2.24) is 15.1 Å². The number of carbonyl (C=O) groups excluding carboxylic acids is 2. The molecule has 0 bridgehead atoms. The summed E-state index contributed by atoms with van der Waals surface area (Å²) in [6.07, 6.45) is -0.315. The molecule has 0 radical (unpaired) electrons. The van der Waals surface area contributed by atoms with Crippen LogP contribution >= 0.6 is 0 Å². The van der Waals surface area contributed by atoms with E-state index in [1.165, 1.54) is 0 Å². The summed E-state index contributed by atoms with van der Waals surface area (Å²) >= 11 is 0. The Hall–Kier alpha value is -2.04. The molecule has 0 spiro atoms. The van der Waals surface area contributed by atoms with E-state index in [0.717, 1.165) is 5.56 Å². The fraction of sp³-hybridized carbons (Fsp3) is 0.529. The largest absolute Gasteiger partial charge is 0.341 e. The highest BCUT2D eigenvalue weighted by molar-refractivity contribution is 5.95. The first-order valence-electron chi connectivity index (χ1n) is 7.49. The molecular formula is C17H25N3O2. The van der Waals surface area contributed by atoms with Gasteiger partial charge in [0, 0.05) is 19.5 Å². The zero-order valence-corrected chi connectivity index (χ0v) is 14.2. The normalized spacial score (nSPS) is 25.5. The van der Waals surface area contributed by atoms with Crippen LogP contribution in [0.1, 0.15) is 33.3 Å². The highest BCUT2D eigenvalue weighted by Crippen LogP contribution is 2.44. The van der Waals surface area contributed by atoms with Crippen LogP contribution in [0.3, 0.4) is 0 Å². The zero-order valence-electron chi connectivity index (χ0n) is 14.2. The number of likely N-dealkylation sites (N-methyl/N-ethyl adjacent to an activating group) is 1. The van der Waals surface area contributed by atoms with Crippen molar-refractivity contribution in [3.05, 3.63) is 35.9 Å². The van der Waals surface area contributed by atoms with E-state index in [9.17, 15) is 9.59 Å². The first-order valence-corrected chi connectivity index (χ1v) is 7.49. The average molecular weight is 303 g/mol. The van der Waals surface area contributed by atoms with E-state index in [0.29, 0.717) is 0 Å². The van der Waals surface area contributed by atoms with E-state index in [4.69, 9.17) is 0 Å². The Balaban J connectivity index is 2.66. The van der Waals surface area contributed by atoms with Gasteiger partial charge in [0.15, 0.2) is 0 Å². The molecule has 5 heteroatoms. The molecule has 1 aromatic rings. The lowest BCUT2D eigenvalue weighted by Crippen LogP contribution is -2.56. The molecule has 1 heterocycles. The number of benzene rings is 1. The van der Waals surface area contributed by atoms with Gasteiger partial charge in [-0.15, -0.1) is 0 Å². The minimum atomic E-state index is -1.01. The van der Waals surface area contributed by atoms with Crippen LogP contribution in [0.25, 0.3) is 0 Å². The van der Waals surface area contributed by atoms with Gasteiger partial charge >= 0.3 is 6.03 Å². The predicted octanol–water partition coefficient (Wildman–Crippen LogP) is 2.39. The third-order valence-corrected chi connectivity index (χ3v) is 4.37. The molecule has 1 fully saturated rings. The van der Waals surface area contributed by atoms with Gasteiger partial charge in [-0.25, -0.2) is 4.79 Å². The van der Waals surface area contributed by atoms with E-state index >= 15 is 0 Å². The summed E-state index contributed by atoms with van der Waals surface area (Å²) in [6.45, 7) is 7.93. The second kappa shape index (κ2) is 5.30. The first-order chi connectivity index (χ1) is 10.2. The second-order valence-corrected chi connectivity index (χ2v) is 7.02. The Morgan fingerprint density at radius 3 is 2.23 bits per heavy atom. The number of rotatable bonds is 1. The van der Waals surface area contributed by atoms with Gasteiger partial charge in [-0.3, -0.25) is 9.69 Å². The van der Waals surface area contributed by atoms with Crippen LogP contribution in [-0.2, 0) is 10.3 Å². The zero-order chi connectivity index (χ0) is 16.7. The minimum absolute atomic E-state index is 0.0674. The SMILES string of the molecule is CNC(=O)N1[C@@H](C(C)(C)C)N(C)C(=O)[C@]1(C)c1ccccc1. The summed E-state index contributed by atoms with van der Waals surface area (Å²) in [7, 11) is 3.36. The van der Waals surface area contributed by atoms with Gasteiger partial charge in [0.05, 0.1) is 0 Å². The van der Waals surface area contributed by atoms with Crippen LogP contribution in [0.15, 0.2) is 30.3 Å².